The van der Waals surface area contributed by atoms with Gasteiger partial charge in [0.05, 0.1) is 0 Å². The van der Waals surface area contributed by atoms with Crippen LogP contribution in [0.2, 0.25) is 0 Å². The second-order valence-corrected chi connectivity index (χ2v) is 7.61. The summed E-state index contributed by atoms with van der Waals surface area (Å²) in [5.41, 5.74) is -2.50. The molecule has 0 amide bonds. The van der Waals surface area contributed by atoms with Crippen LogP contribution < -0.4 is 25.0 Å². The van der Waals surface area contributed by atoms with Crippen molar-refractivity contribution in [3.63, 3.8) is 0 Å². The highest BCUT2D eigenvalue weighted by Crippen LogP contribution is 2.43. The van der Waals surface area contributed by atoms with Crippen molar-refractivity contribution in [2.75, 3.05) is 13.2 Å². The topological polar surface area (TPSA) is 88.7 Å². The first-order valence-corrected chi connectivity index (χ1v) is 9.45. The van der Waals surface area contributed by atoms with Gasteiger partial charge in [-0.2, -0.15) is 26.3 Å². The van der Waals surface area contributed by atoms with Crippen molar-refractivity contribution in [3.8, 4) is 11.5 Å². The Morgan fingerprint density at radius 3 is 2.21 bits per heavy atom. The minimum Gasteiger partial charge on any atom is -0.486 e. The lowest BCUT2D eigenvalue weighted by atomic mass is 10.0. The maximum atomic E-state index is 13.0. The highest BCUT2D eigenvalue weighted by atomic mass is 32.2. The number of alkyl halides is 6. The van der Waals surface area contributed by atoms with Crippen LogP contribution in [-0.4, -0.2) is 39.5 Å². The molecule has 2 rings (SSSR count). The van der Waals surface area contributed by atoms with Gasteiger partial charge in [0.2, 0.25) is 5.54 Å². The number of halogens is 6. The van der Waals surface area contributed by atoms with Gasteiger partial charge in [0.1, 0.15) is 23.9 Å². The van der Waals surface area contributed by atoms with E-state index in [4.69, 9.17) is 9.47 Å². The van der Waals surface area contributed by atoms with E-state index in [1.54, 1.807) is 4.83 Å². The molecule has 0 saturated carbocycles. The van der Waals surface area contributed by atoms with Crippen LogP contribution in [-0.2, 0) is 10.0 Å². The summed E-state index contributed by atoms with van der Waals surface area (Å²) in [7, 11) is -4.44. The highest BCUT2D eigenvalue weighted by molar-refractivity contribution is 7.89. The molecule has 1 aliphatic heterocycles. The molecule has 1 heterocycles. The Kier molecular flexibility index (Phi) is 6.18. The van der Waals surface area contributed by atoms with Gasteiger partial charge < -0.3 is 14.8 Å². The van der Waals surface area contributed by atoms with Gasteiger partial charge in [-0.1, -0.05) is 6.07 Å². The molecule has 3 N–H and O–H groups in total. The molecule has 1 aliphatic rings. The third-order valence-electron chi connectivity index (χ3n) is 3.95. The largest absolute Gasteiger partial charge is 0.486 e. The number of sulfonamides is 1. The van der Waals surface area contributed by atoms with E-state index in [2.05, 4.69) is 0 Å². The van der Waals surface area contributed by atoms with E-state index >= 15 is 0 Å². The van der Waals surface area contributed by atoms with E-state index in [0.29, 0.717) is 0 Å². The molecule has 0 atom stereocenters. The number of ether oxygens (including phenoxy) is 2. The van der Waals surface area contributed by atoms with Crippen LogP contribution >= 0.6 is 0 Å². The Hall–Kier alpha value is -2.35. The van der Waals surface area contributed by atoms with Crippen LogP contribution in [0.15, 0.2) is 35.0 Å². The van der Waals surface area contributed by atoms with Crippen molar-refractivity contribution in [2.24, 2.45) is 0 Å². The number of fused-ring (bicyclic) bond motifs is 1. The number of hydrazine groups is 1. The minimum absolute atomic E-state index is 0.0597. The van der Waals surface area contributed by atoms with Gasteiger partial charge in [-0.05, 0) is 32.1 Å². The van der Waals surface area contributed by atoms with Crippen molar-refractivity contribution in [3.05, 3.63) is 30.1 Å². The first-order valence-electron chi connectivity index (χ1n) is 7.97. The molecule has 29 heavy (non-hydrogen) atoms. The van der Waals surface area contributed by atoms with E-state index in [1.807, 2.05) is 5.43 Å². The second kappa shape index (κ2) is 7.82. The van der Waals surface area contributed by atoms with Gasteiger partial charge in [-0.25, -0.2) is 8.42 Å². The SMILES string of the molecule is C/C=C(\NNS(=O)(=O)c1cccc2c1OCCO2)NC(C)(C(F)(F)F)C(F)(F)F. The number of rotatable bonds is 6. The van der Waals surface area contributed by atoms with Crippen LogP contribution in [0, 0.1) is 0 Å². The van der Waals surface area contributed by atoms with Gasteiger partial charge in [0.25, 0.3) is 10.0 Å². The van der Waals surface area contributed by atoms with Crippen LogP contribution in [0.3, 0.4) is 0 Å². The first-order chi connectivity index (χ1) is 13.2. The van der Waals surface area contributed by atoms with Crippen LogP contribution in [0.25, 0.3) is 0 Å². The molecule has 0 unspecified atom stereocenters. The molecule has 0 spiro atoms. The quantitative estimate of drug-likeness (QED) is 0.457. The summed E-state index contributed by atoms with van der Waals surface area (Å²) >= 11 is 0. The lowest BCUT2D eigenvalue weighted by molar-refractivity contribution is -0.299. The first kappa shape index (κ1) is 22.9. The third kappa shape index (κ3) is 4.63. The van der Waals surface area contributed by atoms with Crippen molar-refractivity contribution in [2.45, 2.75) is 36.6 Å². The fourth-order valence-electron chi connectivity index (χ4n) is 2.18. The van der Waals surface area contributed by atoms with Crippen LogP contribution in [0.1, 0.15) is 13.8 Å². The van der Waals surface area contributed by atoms with Gasteiger partial charge in [-0.3, -0.25) is 5.43 Å². The molecule has 14 heteroatoms. The molecule has 164 valence electrons. The molecule has 7 nitrogen and oxygen atoms in total. The monoisotopic (exact) mass is 449 g/mol. The standard InChI is InChI=1S/C15H17F6N3O4S/c1-3-11(22-13(2,14(16,17)18)15(19,20)21)23-24-29(25,26)10-6-4-5-9-12(10)28-8-7-27-9/h3-6,22-24H,7-8H2,1-2H3/b11-3-. The molecule has 0 bridgehead atoms. The van der Waals surface area contributed by atoms with Crippen molar-refractivity contribution in [1.29, 1.82) is 0 Å². The highest BCUT2D eigenvalue weighted by Gasteiger charge is 2.68. The molecule has 1 aromatic carbocycles. The van der Waals surface area contributed by atoms with Gasteiger partial charge >= 0.3 is 12.4 Å². The summed E-state index contributed by atoms with van der Waals surface area (Å²) in [6.07, 6.45) is -10.6. The van der Waals surface area contributed by atoms with E-state index in [1.165, 1.54) is 17.4 Å². The maximum absolute atomic E-state index is 13.0. The zero-order valence-corrected chi connectivity index (χ0v) is 15.8. The van der Waals surface area contributed by atoms with E-state index < -0.39 is 38.6 Å². The Labute approximate surface area is 162 Å². The van der Waals surface area contributed by atoms with Gasteiger partial charge in [0, 0.05) is 0 Å². The fraction of sp³-hybridized carbons (Fsp3) is 0.467. The third-order valence-corrected chi connectivity index (χ3v) is 5.22. The lowest BCUT2D eigenvalue weighted by Crippen LogP contribution is -2.65. The van der Waals surface area contributed by atoms with Crippen molar-refractivity contribution in [1.82, 2.24) is 15.6 Å². The predicted molar refractivity (Wildman–Crippen MR) is 88.3 cm³/mol. The average Bonchev–Trinajstić information content (AvgIpc) is 2.62. The maximum Gasteiger partial charge on any atom is 0.420 e. The van der Waals surface area contributed by atoms with Crippen molar-refractivity contribution >= 4 is 10.0 Å². The zero-order chi connectivity index (χ0) is 22.1. The number of nitrogens with one attached hydrogen (secondary N) is 3. The molecule has 0 fully saturated rings. The number of allylic oxidation sites excluding steroid dienone is 1. The number of para-hydroxylation sites is 1. The van der Waals surface area contributed by atoms with E-state index in [9.17, 15) is 34.8 Å². The van der Waals surface area contributed by atoms with E-state index in [0.717, 1.165) is 19.1 Å². The molecule has 1 aromatic rings. The molecule has 0 aliphatic carbocycles. The molecule has 0 aromatic heterocycles. The number of hydrogen-bond acceptors (Lipinski definition) is 6. The number of hydrogen-bond donors (Lipinski definition) is 3. The second-order valence-electron chi connectivity index (χ2n) is 5.96. The van der Waals surface area contributed by atoms with Gasteiger partial charge in [-0.15, -0.1) is 4.83 Å². The normalized spacial score (nSPS) is 15.8. The zero-order valence-electron chi connectivity index (χ0n) is 15.0. The molecular formula is C15H17F6N3O4S. The Balaban J connectivity index is 2.23. The Morgan fingerprint density at radius 2 is 1.66 bits per heavy atom. The summed E-state index contributed by atoms with van der Waals surface area (Å²) in [6.45, 7) is 1.25. The summed E-state index contributed by atoms with van der Waals surface area (Å²) in [5, 5.41) is 1.26. The van der Waals surface area contributed by atoms with E-state index in [-0.39, 0.29) is 31.6 Å². The summed E-state index contributed by atoms with van der Waals surface area (Å²) < 4.78 is 114. The smallest absolute Gasteiger partial charge is 0.420 e. The fourth-order valence-corrected chi connectivity index (χ4v) is 3.20. The van der Waals surface area contributed by atoms with Crippen molar-refractivity contribution < 1.29 is 44.2 Å². The molecule has 0 saturated heterocycles. The van der Waals surface area contributed by atoms with Crippen LogP contribution in [0.4, 0.5) is 26.3 Å². The minimum atomic E-state index is -5.72. The Bertz CT molecular complexity index is 869. The lowest BCUT2D eigenvalue weighted by Gasteiger charge is -2.36. The molecule has 0 radical (unpaired) electrons. The molecular weight excluding hydrogens is 432 g/mol. The van der Waals surface area contributed by atoms with Gasteiger partial charge in [0.15, 0.2) is 11.5 Å². The summed E-state index contributed by atoms with van der Waals surface area (Å²) in [6, 6.07) is 3.91. The average molecular weight is 449 g/mol. The predicted octanol–water partition coefficient (Wildman–Crippen LogP) is 2.57. The number of benzene rings is 1. The Morgan fingerprint density at radius 1 is 1.07 bits per heavy atom. The summed E-state index contributed by atoms with van der Waals surface area (Å²) in [4.78, 5) is 1.31. The van der Waals surface area contributed by atoms with Crippen LogP contribution in [0.5, 0.6) is 11.5 Å². The summed E-state index contributed by atoms with van der Waals surface area (Å²) in [5.74, 6) is -0.864.